The molecule has 1 saturated carbocycles. The minimum absolute atomic E-state index is 0.0349. The van der Waals surface area contributed by atoms with Gasteiger partial charge in [0.2, 0.25) is 0 Å². The highest BCUT2D eigenvalue weighted by molar-refractivity contribution is 5.82. The molecular weight excluding hydrogens is 216 g/mol. The summed E-state index contributed by atoms with van der Waals surface area (Å²) in [4.78, 5) is 11.4. The maximum atomic E-state index is 11.4. The number of methoxy groups -OCH3 is 1. The van der Waals surface area contributed by atoms with E-state index in [1.54, 1.807) is 6.08 Å². The highest BCUT2D eigenvalue weighted by atomic mass is 16.5. The molecular formula is C14H20O3. The van der Waals surface area contributed by atoms with E-state index in [4.69, 9.17) is 4.74 Å². The highest BCUT2D eigenvalue weighted by Crippen LogP contribution is 2.49. The first-order valence-corrected chi connectivity index (χ1v) is 6.28. The summed E-state index contributed by atoms with van der Waals surface area (Å²) in [7, 11) is 1.40. The lowest BCUT2D eigenvalue weighted by Crippen LogP contribution is -2.39. The molecule has 0 radical (unpaired) electrons. The Morgan fingerprint density at radius 2 is 2.47 bits per heavy atom. The van der Waals surface area contributed by atoms with Gasteiger partial charge in [0.05, 0.1) is 7.11 Å². The number of carbonyl (C=O) groups is 1. The number of carbonyl (C=O) groups excluding carboxylic acids is 1. The lowest BCUT2D eigenvalue weighted by atomic mass is 9.60. The molecule has 2 aliphatic rings. The number of aliphatic hydroxyl groups is 1. The van der Waals surface area contributed by atoms with Gasteiger partial charge in [0.1, 0.15) is 0 Å². The quantitative estimate of drug-likeness (QED) is 0.454. The molecule has 0 aliphatic heterocycles. The molecule has 0 amide bonds. The zero-order valence-corrected chi connectivity index (χ0v) is 10.3. The second-order valence-corrected chi connectivity index (χ2v) is 5.06. The number of allylic oxidation sites excluding steroid dienone is 3. The van der Waals surface area contributed by atoms with Crippen LogP contribution in [-0.4, -0.2) is 24.8 Å². The maximum Gasteiger partial charge on any atom is 0.330 e. The summed E-state index contributed by atoms with van der Waals surface area (Å²) in [5.41, 5.74) is 1.08. The third kappa shape index (κ3) is 2.29. The van der Waals surface area contributed by atoms with Gasteiger partial charge in [-0.05, 0) is 32.1 Å². The second-order valence-electron chi connectivity index (χ2n) is 5.06. The summed E-state index contributed by atoms with van der Waals surface area (Å²) < 4.78 is 4.70. The van der Waals surface area contributed by atoms with E-state index in [0.717, 1.165) is 37.7 Å². The van der Waals surface area contributed by atoms with Gasteiger partial charge in [-0.1, -0.05) is 17.7 Å². The normalized spacial score (nSPS) is 34.5. The van der Waals surface area contributed by atoms with Crippen LogP contribution in [0.25, 0.3) is 0 Å². The van der Waals surface area contributed by atoms with Crippen LogP contribution >= 0.6 is 0 Å². The molecule has 3 nitrogen and oxygen atoms in total. The first-order chi connectivity index (χ1) is 8.22. The summed E-state index contributed by atoms with van der Waals surface area (Å²) >= 11 is 0. The summed E-state index contributed by atoms with van der Waals surface area (Å²) in [5, 5.41) is 9.71. The van der Waals surface area contributed by atoms with Crippen molar-refractivity contribution in [3.8, 4) is 0 Å². The van der Waals surface area contributed by atoms with Crippen molar-refractivity contribution in [1.82, 2.24) is 0 Å². The SMILES string of the molecule is COC(=O)/C=C1/CCC[C@@]2(CO)CCC=C[C@H]12. The van der Waals surface area contributed by atoms with Crippen molar-refractivity contribution in [2.45, 2.75) is 32.1 Å². The van der Waals surface area contributed by atoms with Crippen LogP contribution in [-0.2, 0) is 9.53 Å². The lowest BCUT2D eigenvalue weighted by molar-refractivity contribution is -0.135. The molecule has 0 aromatic heterocycles. The van der Waals surface area contributed by atoms with E-state index in [2.05, 4.69) is 12.2 Å². The zero-order valence-electron chi connectivity index (χ0n) is 10.3. The van der Waals surface area contributed by atoms with Gasteiger partial charge >= 0.3 is 5.97 Å². The standard InChI is InChI=1S/C14H20O3/c1-17-13(16)9-11-5-4-8-14(10-15)7-3-2-6-12(11)14/h2,6,9,12,15H,3-5,7-8,10H2,1H3/b11-9-/t12-,14-/m1/s1. The fraction of sp³-hybridized carbons (Fsp3) is 0.643. The molecule has 2 aliphatic carbocycles. The Hall–Kier alpha value is -1.09. The summed E-state index contributed by atoms with van der Waals surface area (Å²) in [6, 6.07) is 0. The van der Waals surface area contributed by atoms with Crippen molar-refractivity contribution < 1.29 is 14.6 Å². The summed E-state index contributed by atoms with van der Waals surface area (Å²) in [5.74, 6) is -0.0678. The minimum Gasteiger partial charge on any atom is -0.466 e. The van der Waals surface area contributed by atoms with Gasteiger partial charge in [0.25, 0.3) is 0 Å². The van der Waals surface area contributed by atoms with Crippen LogP contribution in [0.5, 0.6) is 0 Å². The smallest absolute Gasteiger partial charge is 0.330 e. The molecule has 0 bridgehead atoms. The number of rotatable bonds is 2. The Labute approximate surface area is 102 Å². The van der Waals surface area contributed by atoms with Gasteiger partial charge in [-0.25, -0.2) is 4.79 Å². The van der Waals surface area contributed by atoms with Crippen LogP contribution in [0.15, 0.2) is 23.8 Å². The number of ether oxygens (including phenoxy) is 1. The molecule has 1 N–H and O–H groups in total. The molecule has 0 spiro atoms. The topological polar surface area (TPSA) is 46.5 Å². The maximum absolute atomic E-state index is 11.4. The molecule has 0 aromatic rings. The van der Waals surface area contributed by atoms with Crippen molar-refractivity contribution in [2.75, 3.05) is 13.7 Å². The van der Waals surface area contributed by atoms with Crippen molar-refractivity contribution in [3.05, 3.63) is 23.8 Å². The molecule has 0 unspecified atom stereocenters. The van der Waals surface area contributed by atoms with E-state index in [0.29, 0.717) is 0 Å². The summed E-state index contributed by atoms with van der Waals surface area (Å²) in [6.45, 7) is 0.209. The Kier molecular flexibility index (Phi) is 3.67. The van der Waals surface area contributed by atoms with Gasteiger partial charge in [-0.2, -0.15) is 0 Å². The molecule has 1 fully saturated rings. The van der Waals surface area contributed by atoms with Gasteiger partial charge in [-0.15, -0.1) is 0 Å². The van der Waals surface area contributed by atoms with E-state index in [9.17, 15) is 9.90 Å². The third-order valence-corrected chi connectivity index (χ3v) is 4.16. The first kappa shape index (κ1) is 12.4. The van der Waals surface area contributed by atoms with Crippen LogP contribution in [0.1, 0.15) is 32.1 Å². The monoisotopic (exact) mass is 236 g/mol. The summed E-state index contributed by atoms with van der Waals surface area (Å²) in [6.07, 6.45) is 11.0. The fourth-order valence-corrected chi connectivity index (χ4v) is 3.19. The Morgan fingerprint density at radius 3 is 3.18 bits per heavy atom. The number of hydrogen-bond donors (Lipinski definition) is 1. The van der Waals surface area contributed by atoms with Crippen LogP contribution in [0.3, 0.4) is 0 Å². The third-order valence-electron chi connectivity index (χ3n) is 4.16. The van der Waals surface area contributed by atoms with Crippen LogP contribution in [0, 0.1) is 11.3 Å². The minimum atomic E-state index is -0.285. The number of aliphatic hydroxyl groups excluding tert-OH is 1. The van der Waals surface area contributed by atoms with Gasteiger partial charge in [-0.3, -0.25) is 0 Å². The molecule has 17 heavy (non-hydrogen) atoms. The van der Waals surface area contributed by atoms with Crippen molar-refractivity contribution in [3.63, 3.8) is 0 Å². The van der Waals surface area contributed by atoms with Crippen LogP contribution in [0.4, 0.5) is 0 Å². The van der Waals surface area contributed by atoms with E-state index in [1.165, 1.54) is 7.11 Å². The largest absolute Gasteiger partial charge is 0.466 e. The lowest BCUT2D eigenvalue weighted by Gasteiger charge is -2.45. The van der Waals surface area contributed by atoms with E-state index < -0.39 is 0 Å². The van der Waals surface area contributed by atoms with E-state index in [1.807, 2.05) is 0 Å². The average Bonchev–Trinajstić information content (AvgIpc) is 2.39. The molecule has 0 saturated heterocycles. The van der Waals surface area contributed by atoms with Crippen molar-refractivity contribution in [1.29, 1.82) is 0 Å². The predicted molar refractivity (Wildman–Crippen MR) is 65.3 cm³/mol. The number of hydrogen-bond acceptors (Lipinski definition) is 3. The van der Waals surface area contributed by atoms with E-state index in [-0.39, 0.29) is 23.9 Å². The first-order valence-electron chi connectivity index (χ1n) is 6.28. The fourth-order valence-electron chi connectivity index (χ4n) is 3.19. The number of esters is 1. The Morgan fingerprint density at radius 1 is 1.65 bits per heavy atom. The average molecular weight is 236 g/mol. The molecule has 0 heterocycles. The van der Waals surface area contributed by atoms with E-state index >= 15 is 0 Å². The Bertz CT molecular complexity index is 356. The zero-order chi connectivity index (χ0) is 12.3. The van der Waals surface area contributed by atoms with Gasteiger partial charge in [0.15, 0.2) is 0 Å². The Balaban J connectivity index is 2.29. The molecule has 2 atom stereocenters. The van der Waals surface area contributed by atoms with Gasteiger partial charge in [0, 0.05) is 24.0 Å². The van der Waals surface area contributed by atoms with Crippen LogP contribution in [0.2, 0.25) is 0 Å². The molecule has 0 aromatic carbocycles. The predicted octanol–water partition coefficient (Wildman–Crippen LogP) is 2.21. The second kappa shape index (κ2) is 5.05. The molecule has 94 valence electrons. The van der Waals surface area contributed by atoms with Crippen molar-refractivity contribution >= 4 is 5.97 Å². The van der Waals surface area contributed by atoms with Crippen molar-refractivity contribution in [2.24, 2.45) is 11.3 Å². The highest BCUT2D eigenvalue weighted by Gasteiger charge is 2.42. The number of fused-ring (bicyclic) bond motifs is 1. The van der Waals surface area contributed by atoms with Crippen LogP contribution < -0.4 is 0 Å². The molecule has 2 rings (SSSR count). The molecule has 3 heteroatoms. The van der Waals surface area contributed by atoms with Gasteiger partial charge < -0.3 is 9.84 Å².